The van der Waals surface area contributed by atoms with E-state index in [2.05, 4.69) is 26.7 Å². The first-order chi connectivity index (χ1) is 9.58. The van der Waals surface area contributed by atoms with Gasteiger partial charge in [0.15, 0.2) is 11.6 Å². The summed E-state index contributed by atoms with van der Waals surface area (Å²) in [5, 5.41) is 6.05. The summed E-state index contributed by atoms with van der Waals surface area (Å²) in [5.74, 6) is 0.148. The van der Waals surface area contributed by atoms with Crippen LogP contribution in [0.3, 0.4) is 0 Å². The molecular weight excluding hydrogens is 255 g/mol. The van der Waals surface area contributed by atoms with Crippen molar-refractivity contribution < 1.29 is 4.39 Å². The van der Waals surface area contributed by atoms with Crippen molar-refractivity contribution >= 4 is 17.5 Å². The predicted molar refractivity (Wildman–Crippen MR) is 80.0 cm³/mol. The topological polar surface area (TPSA) is 49.8 Å². The third-order valence-electron chi connectivity index (χ3n) is 2.76. The minimum atomic E-state index is -0.466. The number of halogens is 1. The molecule has 0 fully saturated rings. The minimum Gasteiger partial charge on any atom is -0.354 e. The first kappa shape index (κ1) is 14.2. The maximum absolute atomic E-state index is 13.8. The van der Waals surface area contributed by atoms with Gasteiger partial charge in [-0.15, -0.1) is 0 Å². The van der Waals surface area contributed by atoms with Crippen LogP contribution in [0.1, 0.15) is 24.5 Å². The van der Waals surface area contributed by atoms with Crippen LogP contribution in [0.15, 0.2) is 24.4 Å². The van der Waals surface area contributed by atoms with Gasteiger partial charge in [0.2, 0.25) is 5.95 Å². The quantitative estimate of drug-likeness (QED) is 0.870. The molecule has 2 N–H and O–H groups in total. The second-order valence-electron chi connectivity index (χ2n) is 4.82. The van der Waals surface area contributed by atoms with Gasteiger partial charge in [0.1, 0.15) is 0 Å². The first-order valence-electron chi connectivity index (χ1n) is 6.70. The molecule has 0 aliphatic rings. The number of benzene rings is 1. The Morgan fingerprint density at radius 1 is 1.15 bits per heavy atom. The zero-order valence-electron chi connectivity index (χ0n) is 12.0. The van der Waals surface area contributed by atoms with Crippen molar-refractivity contribution in [3.8, 4) is 0 Å². The van der Waals surface area contributed by atoms with Gasteiger partial charge < -0.3 is 10.6 Å². The summed E-state index contributed by atoms with van der Waals surface area (Å²) >= 11 is 0. The Morgan fingerprint density at radius 3 is 2.50 bits per heavy atom. The Labute approximate surface area is 118 Å². The summed E-state index contributed by atoms with van der Waals surface area (Å²) in [6.45, 7) is 6.81. The molecule has 0 aliphatic carbocycles. The molecule has 4 nitrogen and oxygen atoms in total. The second kappa shape index (κ2) is 6.32. The highest BCUT2D eigenvalue weighted by molar-refractivity contribution is 5.59. The predicted octanol–water partition coefficient (Wildman–Crippen LogP) is 3.80. The van der Waals surface area contributed by atoms with Crippen molar-refractivity contribution in [3.63, 3.8) is 0 Å². The number of nitrogens with one attached hydrogen (secondary N) is 2. The van der Waals surface area contributed by atoms with Gasteiger partial charge >= 0.3 is 0 Å². The van der Waals surface area contributed by atoms with Crippen LogP contribution in [0, 0.1) is 19.7 Å². The highest BCUT2D eigenvalue weighted by atomic mass is 19.1. The molecule has 1 aromatic carbocycles. The Balaban J connectivity index is 2.23. The molecule has 0 atom stereocenters. The van der Waals surface area contributed by atoms with Crippen molar-refractivity contribution in [2.24, 2.45) is 0 Å². The zero-order chi connectivity index (χ0) is 14.5. The minimum absolute atomic E-state index is 0.184. The van der Waals surface area contributed by atoms with E-state index >= 15 is 0 Å². The third kappa shape index (κ3) is 3.66. The summed E-state index contributed by atoms with van der Waals surface area (Å²) < 4.78 is 13.8. The summed E-state index contributed by atoms with van der Waals surface area (Å²) in [4.78, 5) is 8.07. The van der Waals surface area contributed by atoms with Gasteiger partial charge in [-0.05, 0) is 43.5 Å². The van der Waals surface area contributed by atoms with Gasteiger partial charge in [-0.25, -0.2) is 9.37 Å². The Morgan fingerprint density at radius 2 is 1.85 bits per heavy atom. The molecule has 0 aliphatic heterocycles. The van der Waals surface area contributed by atoms with Gasteiger partial charge in [-0.2, -0.15) is 4.98 Å². The first-order valence-corrected chi connectivity index (χ1v) is 6.70. The molecule has 0 unspecified atom stereocenters. The van der Waals surface area contributed by atoms with Gasteiger partial charge in [-0.3, -0.25) is 0 Å². The monoisotopic (exact) mass is 274 g/mol. The molecule has 5 heteroatoms. The zero-order valence-corrected chi connectivity index (χ0v) is 12.0. The van der Waals surface area contributed by atoms with Crippen LogP contribution >= 0.6 is 0 Å². The molecule has 0 amide bonds. The maximum atomic E-state index is 13.8. The average Bonchev–Trinajstić information content (AvgIpc) is 2.38. The Hall–Kier alpha value is -2.17. The van der Waals surface area contributed by atoms with E-state index in [0.29, 0.717) is 5.95 Å². The molecule has 2 rings (SSSR count). The van der Waals surface area contributed by atoms with E-state index in [1.54, 1.807) is 0 Å². The highest BCUT2D eigenvalue weighted by Gasteiger charge is 2.07. The van der Waals surface area contributed by atoms with Gasteiger partial charge in [-0.1, -0.05) is 13.0 Å². The number of nitrogens with zero attached hydrogens (tertiary/aromatic N) is 2. The van der Waals surface area contributed by atoms with Crippen LogP contribution in [0.4, 0.5) is 21.8 Å². The molecule has 20 heavy (non-hydrogen) atoms. The molecule has 106 valence electrons. The smallest absolute Gasteiger partial charge is 0.224 e. The van der Waals surface area contributed by atoms with Crippen molar-refractivity contribution in [2.45, 2.75) is 27.2 Å². The van der Waals surface area contributed by atoms with E-state index < -0.39 is 5.82 Å². The molecule has 0 saturated carbocycles. The normalized spacial score (nSPS) is 10.4. The Bertz CT molecular complexity index is 578. The SMILES string of the molecule is CCCNc1ncc(F)c(Nc2cc(C)cc(C)c2)n1. The lowest BCUT2D eigenvalue weighted by molar-refractivity contribution is 0.619. The lowest BCUT2D eigenvalue weighted by Crippen LogP contribution is -2.07. The summed E-state index contributed by atoms with van der Waals surface area (Å²) in [7, 11) is 0. The van der Waals surface area contributed by atoms with Gasteiger partial charge in [0.05, 0.1) is 6.20 Å². The highest BCUT2D eigenvalue weighted by Crippen LogP contribution is 2.20. The van der Waals surface area contributed by atoms with Crippen LogP contribution in [0.25, 0.3) is 0 Å². The second-order valence-corrected chi connectivity index (χ2v) is 4.82. The van der Waals surface area contributed by atoms with Crippen LogP contribution in [0.5, 0.6) is 0 Å². The fraction of sp³-hybridized carbons (Fsp3) is 0.333. The molecule has 0 saturated heterocycles. The maximum Gasteiger partial charge on any atom is 0.224 e. The van der Waals surface area contributed by atoms with E-state index in [-0.39, 0.29) is 5.82 Å². The molecule has 1 aromatic heterocycles. The van der Waals surface area contributed by atoms with E-state index in [1.807, 2.05) is 32.9 Å². The van der Waals surface area contributed by atoms with Gasteiger partial charge in [0.25, 0.3) is 0 Å². The van der Waals surface area contributed by atoms with E-state index in [1.165, 1.54) is 6.20 Å². The van der Waals surface area contributed by atoms with E-state index in [0.717, 1.165) is 29.8 Å². The Kier molecular flexibility index (Phi) is 4.50. The average molecular weight is 274 g/mol. The molecule has 0 spiro atoms. The number of aryl methyl sites for hydroxylation is 2. The molecular formula is C15H19FN4. The number of rotatable bonds is 5. The summed E-state index contributed by atoms with van der Waals surface area (Å²) in [5.41, 5.74) is 3.05. The van der Waals surface area contributed by atoms with Crippen LogP contribution in [-0.2, 0) is 0 Å². The lowest BCUT2D eigenvalue weighted by Gasteiger charge is -2.10. The molecule has 0 bridgehead atoms. The summed E-state index contributed by atoms with van der Waals surface area (Å²) in [6, 6.07) is 5.97. The van der Waals surface area contributed by atoms with Crippen molar-refractivity contribution in [3.05, 3.63) is 41.3 Å². The number of anilines is 3. The van der Waals surface area contributed by atoms with Crippen molar-refractivity contribution in [1.82, 2.24) is 9.97 Å². The largest absolute Gasteiger partial charge is 0.354 e. The number of hydrogen-bond acceptors (Lipinski definition) is 4. The number of hydrogen-bond donors (Lipinski definition) is 2. The standard InChI is InChI=1S/C15H19FN4/c1-4-5-17-15-18-9-13(16)14(20-15)19-12-7-10(2)6-11(3)8-12/h6-9H,4-5H2,1-3H3,(H2,17,18,19,20). The fourth-order valence-electron chi connectivity index (χ4n) is 1.96. The van der Waals surface area contributed by atoms with Gasteiger partial charge in [0, 0.05) is 12.2 Å². The van der Waals surface area contributed by atoms with Crippen LogP contribution in [0.2, 0.25) is 0 Å². The van der Waals surface area contributed by atoms with E-state index in [4.69, 9.17) is 0 Å². The molecule has 1 heterocycles. The fourth-order valence-corrected chi connectivity index (χ4v) is 1.96. The van der Waals surface area contributed by atoms with Crippen molar-refractivity contribution in [2.75, 3.05) is 17.2 Å². The van der Waals surface area contributed by atoms with Crippen molar-refractivity contribution in [1.29, 1.82) is 0 Å². The van der Waals surface area contributed by atoms with Crippen LogP contribution in [-0.4, -0.2) is 16.5 Å². The van der Waals surface area contributed by atoms with E-state index in [9.17, 15) is 4.39 Å². The lowest BCUT2D eigenvalue weighted by atomic mass is 10.1. The third-order valence-corrected chi connectivity index (χ3v) is 2.76. The van der Waals surface area contributed by atoms with Crippen LogP contribution < -0.4 is 10.6 Å². The summed E-state index contributed by atoms with van der Waals surface area (Å²) in [6.07, 6.45) is 2.14. The number of aromatic nitrogens is 2. The molecule has 0 radical (unpaired) electrons. The molecule has 2 aromatic rings.